The van der Waals surface area contributed by atoms with E-state index in [1.165, 1.54) is 12.2 Å². The summed E-state index contributed by atoms with van der Waals surface area (Å²) in [4.78, 5) is 15.3. The molecule has 1 aromatic rings. The molecule has 3 fully saturated rings. The zero-order chi connectivity index (χ0) is 26.7. The number of hydrogen-bond donors (Lipinski definition) is 0. The zero-order valence-corrected chi connectivity index (χ0v) is 22.0. The van der Waals surface area contributed by atoms with E-state index in [-0.39, 0.29) is 31.4 Å². The molecule has 1 heterocycles. The van der Waals surface area contributed by atoms with E-state index in [1.807, 2.05) is 0 Å². The molecule has 1 amide bonds. The van der Waals surface area contributed by atoms with Crippen LogP contribution in [0.1, 0.15) is 43.7 Å². The van der Waals surface area contributed by atoms with Crippen molar-refractivity contribution < 1.29 is 26.7 Å². The topological polar surface area (TPSA) is 66.9 Å². The minimum Gasteiger partial charge on any atom is -0.366 e. The first kappa shape index (κ1) is 27.5. The molecule has 1 aliphatic heterocycles. The molecule has 2 aliphatic carbocycles. The van der Waals surface area contributed by atoms with Gasteiger partial charge in [-0.3, -0.25) is 4.79 Å². The van der Waals surface area contributed by atoms with Gasteiger partial charge in [0.15, 0.2) is 5.83 Å². The van der Waals surface area contributed by atoms with Gasteiger partial charge in [-0.25, -0.2) is 17.1 Å². The van der Waals surface area contributed by atoms with Crippen LogP contribution in [0.15, 0.2) is 73.5 Å². The van der Waals surface area contributed by atoms with Crippen LogP contribution in [-0.2, 0) is 19.6 Å². The Morgan fingerprint density at radius 3 is 2.43 bits per heavy atom. The van der Waals surface area contributed by atoms with Gasteiger partial charge in [-0.05, 0) is 55.4 Å². The molecule has 0 N–H and O–H groups in total. The molecule has 3 aliphatic rings. The van der Waals surface area contributed by atoms with Gasteiger partial charge >= 0.3 is 0 Å². The fourth-order valence-corrected chi connectivity index (χ4v) is 6.52. The SMILES string of the molecule is C=C/C=C\C(F)=C(\F)N(CC(C1CC1)N1C(=O)C(CC=C)OC[C@H]1c1ccc(Cl)cc1)S(=O)(=O)C1CC1. The monoisotopic (exact) mass is 552 g/mol. The number of sulfonamides is 1. The first-order valence-electron chi connectivity index (χ1n) is 12.3. The highest BCUT2D eigenvalue weighted by Gasteiger charge is 2.49. The lowest BCUT2D eigenvalue weighted by Gasteiger charge is -2.45. The number of hydrogen-bond acceptors (Lipinski definition) is 4. The van der Waals surface area contributed by atoms with Crippen LogP contribution >= 0.6 is 11.6 Å². The van der Waals surface area contributed by atoms with Crippen LogP contribution in [0.2, 0.25) is 5.02 Å². The third kappa shape index (κ3) is 6.16. The summed E-state index contributed by atoms with van der Waals surface area (Å²) in [5, 5.41) is -0.242. The maximum absolute atomic E-state index is 15.4. The van der Waals surface area contributed by atoms with Crippen molar-refractivity contribution in [3.8, 4) is 0 Å². The Hall–Kier alpha value is -2.49. The van der Waals surface area contributed by atoms with E-state index in [1.54, 1.807) is 35.2 Å². The molecule has 10 heteroatoms. The van der Waals surface area contributed by atoms with Crippen LogP contribution in [-0.4, -0.2) is 54.1 Å². The van der Waals surface area contributed by atoms with Crippen LogP contribution in [0.3, 0.4) is 0 Å². The largest absolute Gasteiger partial charge is 0.366 e. The average Bonchev–Trinajstić information content (AvgIpc) is 3.77. The van der Waals surface area contributed by atoms with Crippen molar-refractivity contribution in [3.63, 3.8) is 0 Å². The van der Waals surface area contributed by atoms with Crippen molar-refractivity contribution in [1.82, 2.24) is 9.21 Å². The summed E-state index contributed by atoms with van der Waals surface area (Å²) in [6.45, 7) is 6.92. The number of rotatable bonds is 12. The molecule has 200 valence electrons. The van der Waals surface area contributed by atoms with Crippen molar-refractivity contribution in [1.29, 1.82) is 0 Å². The molecule has 0 spiro atoms. The van der Waals surface area contributed by atoms with Gasteiger partial charge in [0.05, 0.1) is 30.5 Å². The second kappa shape index (κ2) is 11.5. The Balaban J connectivity index is 1.75. The molecule has 0 bridgehead atoms. The summed E-state index contributed by atoms with van der Waals surface area (Å²) < 4.78 is 63.2. The van der Waals surface area contributed by atoms with Crippen molar-refractivity contribution in [3.05, 3.63) is 84.1 Å². The van der Waals surface area contributed by atoms with Gasteiger partial charge in [-0.2, -0.15) is 4.39 Å². The lowest BCUT2D eigenvalue weighted by molar-refractivity contribution is -0.165. The average molecular weight is 553 g/mol. The van der Waals surface area contributed by atoms with E-state index < -0.39 is 45.2 Å². The first-order valence-corrected chi connectivity index (χ1v) is 14.2. The fraction of sp³-hybridized carbons (Fsp3) is 0.444. The van der Waals surface area contributed by atoms with Gasteiger partial charge in [0, 0.05) is 11.4 Å². The van der Waals surface area contributed by atoms with Crippen LogP contribution in [0.25, 0.3) is 0 Å². The number of amides is 1. The third-order valence-electron chi connectivity index (χ3n) is 6.88. The van der Waals surface area contributed by atoms with Gasteiger partial charge in [-0.1, -0.05) is 48.5 Å². The number of carbonyl (C=O) groups is 1. The number of nitrogens with zero attached hydrogens (tertiary/aromatic N) is 2. The van der Waals surface area contributed by atoms with Crippen LogP contribution < -0.4 is 0 Å². The predicted octanol–water partition coefficient (Wildman–Crippen LogP) is 5.61. The van der Waals surface area contributed by atoms with Gasteiger partial charge in [0.1, 0.15) is 6.10 Å². The molecule has 3 atom stereocenters. The number of halogens is 3. The second-order valence-corrected chi connectivity index (χ2v) is 12.1. The standard InChI is InChI=1S/C27H31ClF2N2O4S/c1-3-5-7-22(29)26(30)31(37(34,35)21-14-15-21)16-23(18-8-9-18)32-24(19-10-12-20(28)13-11-19)17-36-25(6-4-2)27(32)33/h3-5,7,10-13,18,21,23-25H,1-2,6,8-9,14-17H2/b7-5-,26-22+/t23?,24-,25?/m0/s1. The molecule has 37 heavy (non-hydrogen) atoms. The highest BCUT2D eigenvalue weighted by Crippen LogP contribution is 2.43. The lowest BCUT2D eigenvalue weighted by atomic mass is 9.97. The maximum Gasteiger partial charge on any atom is 0.252 e. The van der Waals surface area contributed by atoms with Crippen molar-refractivity contribution >= 4 is 27.5 Å². The van der Waals surface area contributed by atoms with Gasteiger partial charge < -0.3 is 9.64 Å². The quantitative estimate of drug-likeness (QED) is 0.192. The van der Waals surface area contributed by atoms with E-state index in [9.17, 15) is 17.6 Å². The predicted molar refractivity (Wildman–Crippen MR) is 139 cm³/mol. The molecule has 2 saturated carbocycles. The smallest absolute Gasteiger partial charge is 0.252 e. The van der Waals surface area contributed by atoms with Crippen LogP contribution in [0, 0.1) is 5.92 Å². The van der Waals surface area contributed by atoms with Gasteiger partial charge in [0.2, 0.25) is 16.0 Å². The Morgan fingerprint density at radius 1 is 1.19 bits per heavy atom. The summed E-state index contributed by atoms with van der Waals surface area (Å²) in [5.41, 5.74) is 0.758. The van der Waals surface area contributed by atoms with Crippen LogP contribution in [0.4, 0.5) is 8.78 Å². The summed E-state index contributed by atoms with van der Waals surface area (Å²) in [5.74, 6) is -3.19. The van der Waals surface area contributed by atoms with E-state index in [4.69, 9.17) is 16.3 Å². The van der Waals surface area contributed by atoms with Crippen molar-refractivity contribution in [2.24, 2.45) is 5.92 Å². The molecular weight excluding hydrogens is 522 g/mol. The van der Waals surface area contributed by atoms with Crippen LogP contribution in [0.5, 0.6) is 0 Å². The molecule has 1 aromatic carbocycles. The molecule has 4 rings (SSSR count). The Morgan fingerprint density at radius 2 is 1.86 bits per heavy atom. The van der Waals surface area contributed by atoms with E-state index in [2.05, 4.69) is 13.2 Å². The first-order chi connectivity index (χ1) is 17.7. The molecule has 6 nitrogen and oxygen atoms in total. The maximum atomic E-state index is 15.4. The van der Waals surface area contributed by atoms with E-state index in [0.717, 1.165) is 24.5 Å². The lowest BCUT2D eigenvalue weighted by Crippen LogP contribution is -2.57. The summed E-state index contributed by atoms with van der Waals surface area (Å²) in [6.07, 6.45) is 6.63. The van der Waals surface area contributed by atoms with Gasteiger partial charge in [0.25, 0.3) is 5.91 Å². The summed E-state index contributed by atoms with van der Waals surface area (Å²) in [7, 11) is -4.17. The zero-order valence-electron chi connectivity index (χ0n) is 20.4. The number of benzene rings is 1. The highest BCUT2D eigenvalue weighted by atomic mass is 35.5. The van der Waals surface area contributed by atoms with E-state index in [0.29, 0.717) is 22.2 Å². The molecule has 0 aromatic heterocycles. The van der Waals surface area contributed by atoms with Crippen molar-refractivity contribution in [2.45, 2.75) is 55.5 Å². The molecule has 1 saturated heterocycles. The Kier molecular flexibility index (Phi) is 8.56. The van der Waals surface area contributed by atoms with Gasteiger partial charge in [-0.15, -0.1) is 6.58 Å². The fourth-order valence-electron chi connectivity index (χ4n) is 4.63. The normalized spacial score (nSPS) is 24.1. The summed E-state index contributed by atoms with van der Waals surface area (Å²) >= 11 is 6.07. The Labute approximate surface area is 222 Å². The van der Waals surface area contributed by atoms with E-state index >= 15 is 4.39 Å². The number of allylic oxidation sites excluding steroid dienone is 4. The molecule has 2 unspecified atom stereocenters. The minimum absolute atomic E-state index is 0.0577. The Bertz CT molecular complexity index is 1190. The molecular formula is C27H31ClF2N2O4S. The molecule has 0 radical (unpaired) electrons. The number of carbonyl (C=O) groups excluding carboxylic acids is 1. The second-order valence-electron chi connectivity index (χ2n) is 9.57. The number of morpholine rings is 1. The van der Waals surface area contributed by atoms with Crippen molar-refractivity contribution in [2.75, 3.05) is 13.2 Å². The summed E-state index contributed by atoms with van der Waals surface area (Å²) in [6, 6.07) is 5.75. The minimum atomic E-state index is -4.17. The number of ether oxygens (including phenoxy) is 1. The third-order valence-corrected chi connectivity index (χ3v) is 9.37. The highest BCUT2D eigenvalue weighted by molar-refractivity contribution is 7.90.